The largest absolute Gasteiger partial charge is 0.380 e. The number of aromatic nitrogens is 4. The van der Waals surface area contributed by atoms with Crippen LogP contribution < -0.4 is 16.0 Å². The van der Waals surface area contributed by atoms with E-state index in [1.807, 2.05) is 6.07 Å². The first-order valence-electron chi connectivity index (χ1n) is 12.1. The molecule has 2 aliphatic rings. The summed E-state index contributed by atoms with van der Waals surface area (Å²) in [6.07, 6.45) is 6.12. The minimum Gasteiger partial charge on any atom is -0.380 e. The quantitative estimate of drug-likeness (QED) is 0.434. The van der Waals surface area contributed by atoms with E-state index in [0.29, 0.717) is 36.2 Å². The van der Waals surface area contributed by atoms with Crippen LogP contribution in [0.15, 0.2) is 48.9 Å². The molecule has 186 valence electrons. The average Bonchev–Trinajstić information content (AvgIpc) is 3.19. The first-order chi connectivity index (χ1) is 17.5. The number of imidazole rings is 1. The molecule has 0 spiro atoms. The van der Waals surface area contributed by atoms with Gasteiger partial charge in [0.1, 0.15) is 11.6 Å². The van der Waals surface area contributed by atoms with Crippen molar-refractivity contribution in [2.24, 2.45) is 11.7 Å². The molecule has 8 nitrogen and oxygen atoms in total. The molecule has 4 aromatic rings. The molecule has 3 aromatic heterocycles. The maximum atomic E-state index is 15.0. The Balaban J connectivity index is 1.34. The van der Waals surface area contributed by atoms with E-state index in [9.17, 15) is 0 Å². The Morgan fingerprint density at radius 2 is 1.89 bits per heavy atom. The number of hydrogen-bond acceptors (Lipinski definition) is 7. The molecule has 1 aromatic carbocycles. The Morgan fingerprint density at radius 3 is 2.61 bits per heavy atom. The van der Waals surface area contributed by atoms with Crippen molar-refractivity contribution in [1.82, 2.24) is 19.6 Å². The molecular weight excluding hydrogens is 464 g/mol. The van der Waals surface area contributed by atoms with Crippen molar-refractivity contribution >= 4 is 22.8 Å². The fourth-order valence-corrected chi connectivity index (χ4v) is 5.08. The van der Waals surface area contributed by atoms with Gasteiger partial charge < -0.3 is 20.7 Å². The van der Waals surface area contributed by atoms with Crippen molar-refractivity contribution in [3.63, 3.8) is 0 Å². The summed E-state index contributed by atoms with van der Waals surface area (Å²) in [6, 6.07) is 8.12. The highest BCUT2D eigenvalue weighted by atomic mass is 19.1. The molecule has 2 saturated heterocycles. The number of halogens is 2. The van der Waals surface area contributed by atoms with Gasteiger partial charge in [0, 0.05) is 31.2 Å². The van der Waals surface area contributed by atoms with Gasteiger partial charge >= 0.3 is 0 Å². The summed E-state index contributed by atoms with van der Waals surface area (Å²) >= 11 is 0. The summed E-state index contributed by atoms with van der Waals surface area (Å²) in [5.41, 5.74) is 9.29. The van der Waals surface area contributed by atoms with Gasteiger partial charge in [0.05, 0.1) is 53.8 Å². The minimum atomic E-state index is -0.650. The maximum absolute atomic E-state index is 15.0. The summed E-state index contributed by atoms with van der Waals surface area (Å²) < 4.78 is 36.8. The Morgan fingerprint density at radius 1 is 1.08 bits per heavy atom. The fraction of sp³-hybridized carbons (Fsp3) is 0.346. The lowest BCUT2D eigenvalue weighted by atomic mass is 9.95. The summed E-state index contributed by atoms with van der Waals surface area (Å²) in [5.74, 6) is -0.389. The van der Waals surface area contributed by atoms with E-state index in [4.69, 9.17) is 10.5 Å². The topological polar surface area (TPSA) is 93.6 Å². The van der Waals surface area contributed by atoms with Gasteiger partial charge in [-0.3, -0.25) is 4.98 Å². The second-order valence-corrected chi connectivity index (χ2v) is 9.75. The molecule has 0 aliphatic carbocycles. The van der Waals surface area contributed by atoms with E-state index in [2.05, 4.69) is 32.2 Å². The lowest BCUT2D eigenvalue weighted by Gasteiger charge is -2.37. The Kier molecular flexibility index (Phi) is 5.77. The highest BCUT2D eigenvalue weighted by Crippen LogP contribution is 2.33. The molecule has 0 saturated carbocycles. The highest BCUT2D eigenvalue weighted by Gasteiger charge is 2.26. The molecule has 2 aliphatic heterocycles. The third-order valence-corrected chi connectivity index (χ3v) is 6.89. The Bertz CT molecular complexity index is 1390. The van der Waals surface area contributed by atoms with E-state index in [1.54, 1.807) is 35.2 Å². The molecule has 36 heavy (non-hydrogen) atoms. The van der Waals surface area contributed by atoms with Crippen LogP contribution >= 0.6 is 0 Å². The zero-order valence-electron chi connectivity index (χ0n) is 19.9. The van der Waals surface area contributed by atoms with Crippen LogP contribution in [-0.2, 0) is 4.74 Å². The molecule has 0 amide bonds. The van der Waals surface area contributed by atoms with Gasteiger partial charge in [-0.15, -0.1) is 0 Å². The Labute approximate surface area is 207 Å². The smallest absolute Gasteiger partial charge is 0.229 e. The number of hydrogen-bond donors (Lipinski definition) is 2. The standard InChI is InChI=1S/C26H27F2N7O/c1-15-6-18(29)12-34(11-15)24-4-5-30-10-23(24)32-26-31-9-19-2-3-22(33-35(19)26)25-20(27)7-16(8-21(25)28)17-13-36-14-17/h2-5,7-10,15,17-18H,6,11-14,29H2,1H3,(H,31,32). The fourth-order valence-electron chi connectivity index (χ4n) is 5.08. The van der Waals surface area contributed by atoms with Crippen LogP contribution in [-0.4, -0.2) is 51.9 Å². The van der Waals surface area contributed by atoms with E-state index >= 15 is 8.78 Å². The van der Waals surface area contributed by atoms with E-state index in [0.717, 1.165) is 30.9 Å². The summed E-state index contributed by atoms with van der Waals surface area (Å²) in [7, 11) is 0. The number of nitrogens with zero attached hydrogens (tertiary/aromatic N) is 5. The first-order valence-corrected chi connectivity index (χ1v) is 12.1. The first kappa shape index (κ1) is 22.8. The number of piperidine rings is 1. The van der Waals surface area contributed by atoms with Gasteiger partial charge in [-0.2, -0.15) is 9.61 Å². The molecule has 2 atom stereocenters. The summed E-state index contributed by atoms with van der Waals surface area (Å²) in [5, 5.41) is 7.84. The zero-order valence-corrected chi connectivity index (χ0v) is 19.9. The van der Waals surface area contributed by atoms with Crippen molar-refractivity contribution in [3.05, 3.63) is 66.1 Å². The van der Waals surface area contributed by atoms with E-state index < -0.39 is 11.6 Å². The number of nitrogens with one attached hydrogen (secondary N) is 1. The van der Waals surface area contributed by atoms with Gasteiger partial charge in [-0.1, -0.05) is 6.92 Å². The van der Waals surface area contributed by atoms with Gasteiger partial charge in [-0.05, 0) is 48.2 Å². The summed E-state index contributed by atoms with van der Waals surface area (Å²) in [6.45, 7) is 4.78. The van der Waals surface area contributed by atoms with Gasteiger partial charge in [0.15, 0.2) is 0 Å². The van der Waals surface area contributed by atoms with Gasteiger partial charge in [0.25, 0.3) is 0 Å². The third-order valence-electron chi connectivity index (χ3n) is 6.89. The third kappa shape index (κ3) is 4.16. The molecular formula is C26H27F2N7O. The highest BCUT2D eigenvalue weighted by molar-refractivity contribution is 5.74. The SMILES string of the molecule is CC1CC(N)CN(c2ccncc2Nc2ncc3ccc(-c4c(F)cc(C5COC5)cc4F)nn23)C1. The molecule has 10 heteroatoms. The number of pyridine rings is 1. The molecule has 5 heterocycles. The number of rotatable bonds is 5. The minimum absolute atomic E-state index is 0.0223. The zero-order chi connectivity index (χ0) is 24.8. The van der Waals surface area contributed by atoms with Crippen molar-refractivity contribution in [1.29, 1.82) is 0 Å². The summed E-state index contributed by atoms with van der Waals surface area (Å²) in [4.78, 5) is 11.0. The van der Waals surface area contributed by atoms with Crippen molar-refractivity contribution < 1.29 is 13.5 Å². The van der Waals surface area contributed by atoms with Crippen molar-refractivity contribution in [2.75, 3.05) is 36.5 Å². The van der Waals surface area contributed by atoms with Crippen LogP contribution in [0, 0.1) is 17.6 Å². The second-order valence-electron chi connectivity index (χ2n) is 9.75. The number of fused-ring (bicyclic) bond motifs is 1. The number of nitrogens with two attached hydrogens (primary N) is 1. The normalized spacial score (nSPS) is 20.5. The van der Waals surface area contributed by atoms with Crippen molar-refractivity contribution in [3.8, 4) is 11.3 Å². The van der Waals surface area contributed by atoms with Crippen molar-refractivity contribution in [2.45, 2.75) is 25.3 Å². The second kappa shape index (κ2) is 9.11. The predicted molar refractivity (Wildman–Crippen MR) is 133 cm³/mol. The van der Waals surface area contributed by atoms with E-state index in [-0.39, 0.29) is 23.2 Å². The molecule has 0 bridgehead atoms. The number of anilines is 3. The lowest BCUT2D eigenvalue weighted by molar-refractivity contribution is 0.00822. The van der Waals surface area contributed by atoms with Gasteiger partial charge in [-0.25, -0.2) is 13.8 Å². The molecule has 3 N–H and O–H groups in total. The average molecular weight is 492 g/mol. The predicted octanol–water partition coefficient (Wildman–Crippen LogP) is 4.10. The van der Waals surface area contributed by atoms with Crippen LogP contribution in [0.5, 0.6) is 0 Å². The monoisotopic (exact) mass is 491 g/mol. The lowest BCUT2D eigenvalue weighted by Crippen LogP contribution is -2.46. The van der Waals surface area contributed by atoms with Crippen LogP contribution in [0.3, 0.4) is 0 Å². The maximum Gasteiger partial charge on any atom is 0.229 e. The molecule has 0 radical (unpaired) electrons. The molecule has 2 unspecified atom stereocenters. The number of ether oxygens (including phenoxy) is 1. The molecule has 6 rings (SSSR count). The number of benzene rings is 1. The van der Waals surface area contributed by atoms with Crippen LogP contribution in [0.2, 0.25) is 0 Å². The van der Waals surface area contributed by atoms with Crippen LogP contribution in [0.25, 0.3) is 16.8 Å². The molecule has 2 fully saturated rings. The van der Waals surface area contributed by atoms with Crippen LogP contribution in [0.4, 0.5) is 26.1 Å². The van der Waals surface area contributed by atoms with E-state index in [1.165, 1.54) is 12.1 Å². The van der Waals surface area contributed by atoms with Crippen LogP contribution in [0.1, 0.15) is 24.8 Å². The van der Waals surface area contributed by atoms with Gasteiger partial charge in [0.2, 0.25) is 5.95 Å². The Hall–Kier alpha value is -3.63.